The number of rotatable bonds is 5. The number of carbonyl (C=O) groups excluding carboxylic acids is 1. The van der Waals surface area contributed by atoms with Crippen LogP contribution in [0.5, 0.6) is 5.75 Å². The summed E-state index contributed by atoms with van der Waals surface area (Å²) in [6.45, 7) is 5.79. The smallest absolute Gasteiger partial charge is 0.317 e. The maximum absolute atomic E-state index is 12.3. The first-order valence-corrected chi connectivity index (χ1v) is 8.78. The Morgan fingerprint density at radius 2 is 2.21 bits per heavy atom. The second-order valence-corrected chi connectivity index (χ2v) is 6.45. The molecule has 6 nitrogen and oxygen atoms in total. The molecule has 1 saturated heterocycles. The monoisotopic (exact) mass is 333 g/mol. The molecular weight excluding hydrogens is 306 g/mol. The van der Waals surface area contributed by atoms with Gasteiger partial charge in [0.25, 0.3) is 0 Å². The number of fused-ring (bicyclic) bond motifs is 1. The second-order valence-electron chi connectivity index (χ2n) is 6.45. The number of amides is 2. The van der Waals surface area contributed by atoms with Crippen LogP contribution in [0.3, 0.4) is 0 Å². The fourth-order valence-corrected chi connectivity index (χ4v) is 3.30. The van der Waals surface area contributed by atoms with Gasteiger partial charge in [0.15, 0.2) is 0 Å². The largest absolute Gasteiger partial charge is 0.485 e. The topological polar surface area (TPSA) is 54.0 Å². The molecule has 2 aliphatic heterocycles. The number of hydrogen-bond donors (Lipinski definition) is 1. The first-order chi connectivity index (χ1) is 11.7. The summed E-state index contributed by atoms with van der Waals surface area (Å²) in [7, 11) is 1.81. The number of anilines is 1. The van der Waals surface area contributed by atoms with E-state index >= 15 is 0 Å². The molecule has 0 aliphatic carbocycles. The van der Waals surface area contributed by atoms with E-state index in [0.29, 0.717) is 13.1 Å². The van der Waals surface area contributed by atoms with Crippen molar-refractivity contribution in [2.24, 2.45) is 0 Å². The minimum absolute atomic E-state index is 0.0293. The first kappa shape index (κ1) is 16.9. The van der Waals surface area contributed by atoms with Gasteiger partial charge in [-0.2, -0.15) is 0 Å². The summed E-state index contributed by atoms with van der Waals surface area (Å²) in [4.78, 5) is 16.2. The molecule has 2 aliphatic rings. The van der Waals surface area contributed by atoms with Crippen molar-refractivity contribution in [3.8, 4) is 5.75 Å². The molecule has 0 spiro atoms. The van der Waals surface area contributed by atoms with Crippen LogP contribution in [0.1, 0.15) is 19.8 Å². The maximum Gasteiger partial charge on any atom is 0.317 e. The number of para-hydroxylation sites is 2. The summed E-state index contributed by atoms with van der Waals surface area (Å²) in [5.74, 6) is 0.892. The van der Waals surface area contributed by atoms with E-state index in [1.807, 2.05) is 25.2 Å². The molecule has 132 valence electrons. The Morgan fingerprint density at radius 1 is 1.38 bits per heavy atom. The highest BCUT2D eigenvalue weighted by molar-refractivity contribution is 5.74. The summed E-state index contributed by atoms with van der Waals surface area (Å²) in [5.41, 5.74) is 1.13. The highest BCUT2D eigenvalue weighted by atomic mass is 16.5. The van der Waals surface area contributed by atoms with E-state index in [-0.39, 0.29) is 18.2 Å². The second kappa shape index (κ2) is 7.75. The van der Waals surface area contributed by atoms with Crippen LogP contribution >= 0.6 is 0 Å². The van der Waals surface area contributed by atoms with Crippen molar-refractivity contribution in [3.63, 3.8) is 0 Å². The van der Waals surface area contributed by atoms with E-state index in [9.17, 15) is 4.79 Å². The summed E-state index contributed by atoms with van der Waals surface area (Å²) >= 11 is 0. The van der Waals surface area contributed by atoms with Crippen molar-refractivity contribution in [1.82, 2.24) is 10.2 Å². The number of likely N-dealkylation sites (N-methyl/N-ethyl adjacent to an activating group) is 2. The summed E-state index contributed by atoms with van der Waals surface area (Å²) in [6, 6.07) is 7.99. The van der Waals surface area contributed by atoms with Gasteiger partial charge in [-0.1, -0.05) is 12.1 Å². The number of urea groups is 1. The Kier molecular flexibility index (Phi) is 5.45. The quantitative estimate of drug-likeness (QED) is 0.896. The van der Waals surface area contributed by atoms with Gasteiger partial charge in [0, 0.05) is 26.7 Å². The van der Waals surface area contributed by atoms with Gasteiger partial charge in [0.05, 0.1) is 24.9 Å². The molecule has 2 atom stereocenters. The molecule has 0 radical (unpaired) electrons. The van der Waals surface area contributed by atoms with Crippen molar-refractivity contribution >= 4 is 11.7 Å². The van der Waals surface area contributed by atoms with Gasteiger partial charge >= 0.3 is 6.03 Å². The van der Waals surface area contributed by atoms with Gasteiger partial charge in [0.1, 0.15) is 11.9 Å². The van der Waals surface area contributed by atoms with E-state index in [1.165, 1.54) is 0 Å². The fourth-order valence-electron chi connectivity index (χ4n) is 3.30. The molecule has 2 amide bonds. The molecule has 0 unspecified atom stereocenters. The van der Waals surface area contributed by atoms with Gasteiger partial charge < -0.3 is 24.6 Å². The van der Waals surface area contributed by atoms with Gasteiger partial charge in [-0.05, 0) is 31.9 Å². The van der Waals surface area contributed by atoms with E-state index < -0.39 is 0 Å². The van der Waals surface area contributed by atoms with Crippen LogP contribution in [-0.4, -0.2) is 63.0 Å². The standard InChI is InChI=1S/C18H27N3O3/c1-3-21-13-15(24-17-9-5-4-8-16(17)21)12-20(2)18(22)19-11-14-7-6-10-23-14/h4-5,8-9,14-15H,3,6-7,10-13H2,1-2H3,(H,19,22)/t14-,15+/m0/s1. The molecule has 24 heavy (non-hydrogen) atoms. The lowest BCUT2D eigenvalue weighted by Gasteiger charge is -2.37. The minimum Gasteiger partial charge on any atom is -0.485 e. The molecule has 3 rings (SSSR count). The van der Waals surface area contributed by atoms with Crippen molar-refractivity contribution in [2.75, 3.05) is 44.7 Å². The molecule has 2 heterocycles. The van der Waals surface area contributed by atoms with Crippen molar-refractivity contribution in [2.45, 2.75) is 32.0 Å². The molecular formula is C18H27N3O3. The Morgan fingerprint density at radius 3 is 2.96 bits per heavy atom. The van der Waals surface area contributed by atoms with Gasteiger partial charge in [-0.25, -0.2) is 4.79 Å². The molecule has 1 fully saturated rings. The van der Waals surface area contributed by atoms with Crippen LogP contribution in [0.4, 0.5) is 10.5 Å². The summed E-state index contributed by atoms with van der Waals surface area (Å²) < 4.78 is 11.6. The average molecular weight is 333 g/mol. The van der Waals surface area contributed by atoms with Crippen LogP contribution in [0.2, 0.25) is 0 Å². The lowest BCUT2D eigenvalue weighted by Crippen LogP contribution is -2.49. The molecule has 0 saturated carbocycles. The van der Waals surface area contributed by atoms with Crippen LogP contribution < -0.4 is 15.0 Å². The van der Waals surface area contributed by atoms with E-state index in [2.05, 4.69) is 23.2 Å². The predicted molar refractivity (Wildman–Crippen MR) is 93.7 cm³/mol. The van der Waals surface area contributed by atoms with E-state index in [0.717, 1.165) is 44.0 Å². The van der Waals surface area contributed by atoms with Crippen LogP contribution in [0.25, 0.3) is 0 Å². The van der Waals surface area contributed by atoms with Gasteiger partial charge in [-0.15, -0.1) is 0 Å². The highest BCUT2D eigenvalue weighted by Gasteiger charge is 2.27. The summed E-state index contributed by atoms with van der Waals surface area (Å²) in [6.07, 6.45) is 2.24. The van der Waals surface area contributed by atoms with E-state index in [4.69, 9.17) is 9.47 Å². The molecule has 1 N–H and O–H groups in total. The minimum atomic E-state index is -0.0731. The Hall–Kier alpha value is -1.95. The normalized spacial score (nSPS) is 22.7. The van der Waals surface area contributed by atoms with Crippen LogP contribution in [0, 0.1) is 0 Å². The van der Waals surface area contributed by atoms with Crippen molar-refractivity contribution in [1.29, 1.82) is 0 Å². The number of hydrogen-bond acceptors (Lipinski definition) is 4. The third-order valence-electron chi connectivity index (χ3n) is 4.63. The molecule has 0 aromatic heterocycles. The maximum atomic E-state index is 12.3. The van der Waals surface area contributed by atoms with Crippen LogP contribution in [-0.2, 0) is 4.74 Å². The summed E-state index contributed by atoms with van der Waals surface area (Å²) in [5, 5.41) is 2.95. The SMILES string of the molecule is CCN1C[C@@H](CN(C)C(=O)NC[C@@H]2CCCO2)Oc2ccccc21. The third kappa shape index (κ3) is 3.93. The first-order valence-electron chi connectivity index (χ1n) is 8.78. The molecule has 6 heteroatoms. The number of carbonyl (C=O) groups is 1. The molecule has 1 aromatic carbocycles. The fraction of sp³-hybridized carbons (Fsp3) is 0.611. The Balaban J connectivity index is 1.52. The zero-order chi connectivity index (χ0) is 16.9. The van der Waals surface area contributed by atoms with Gasteiger partial charge in [-0.3, -0.25) is 0 Å². The van der Waals surface area contributed by atoms with Crippen molar-refractivity contribution in [3.05, 3.63) is 24.3 Å². The zero-order valence-corrected chi connectivity index (χ0v) is 14.5. The Bertz CT molecular complexity index is 560. The number of ether oxygens (including phenoxy) is 2. The molecule has 1 aromatic rings. The van der Waals surface area contributed by atoms with Crippen LogP contribution in [0.15, 0.2) is 24.3 Å². The average Bonchev–Trinajstić information content (AvgIpc) is 3.12. The lowest BCUT2D eigenvalue weighted by atomic mass is 10.2. The van der Waals surface area contributed by atoms with E-state index in [1.54, 1.807) is 4.90 Å². The van der Waals surface area contributed by atoms with Gasteiger partial charge in [0.2, 0.25) is 0 Å². The Labute approximate surface area is 143 Å². The number of nitrogens with one attached hydrogen (secondary N) is 1. The lowest BCUT2D eigenvalue weighted by molar-refractivity contribution is 0.107. The number of nitrogens with zero attached hydrogens (tertiary/aromatic N) is 2. The highest BCUT2D eigenvalue weighted by Crippen LogP contribution is 2.32. The zero-order valence-electron chi connectivity index (χ0n) is 14.5. The molecule has 0 bridgehead atoms. The number of benzene rings is 1. The predicted octanol–water partition coefficient (Wildman–Crippen LogP) is 2.09. The third-order valence-corrected chi connectivity index (χ3v) is 4.63. The van der Waals surface area contributed by atoms with Crippen molar-refractivity contribution < 1.29 is 14.3 Å².